The van der Waals surface area contributed by atoms with Gasteiger partial charge in [0.15, 0.2) is 5.82 Å². The molecule has 1 amide bonds. The smallest absolute Gasteiger partial charge is 0.244 e. The first-order valence-electron chi connectivity index (χ1n) is 9.24. The van der Waals surface area contributed by atoms with Crippen molar-refractivity contribution in [1.29, 1.82) is 0 Å². The molecule has 1 aliphatic heterocycles. The number of piperazine rings is 1. The van der Waals surface area contributed by atoms with Crippen molar-refractivity contribution in [1.82, 2.24) is 19.7 Å². The van der Waals surface area contributed by atoms with Gasteiger partial charge in [-0.15, -0.1) is 0 Å². The van der Waals surface area contributed by atoms with Crippen LogP contribution in [-0.2, 0) is 11.3 Å². The van der Waals surface area contributed by atoms with Crippen molar-refractivity contribution < 1.29 is 9.53 Å². The summed E-state index contributed by atoms with van der Waals surface area (Å²) in [5.41, 5.74) is 1.76. The minimum atomic E-state index is 0.0159. The topological polar surface area (TPSA) is 75.9 Å². The Labute approximate surface area is 173 Å². The van der Waals surface area contributed by atoms with Crippen LogP contribution in [-0.4, -0.2) is 65.6 Å². The molecule has 4 rings (SSSR count). The Balaban J connectivity index is 1.43. The van der Waals surface area contributed by atoms with E-state index >= 15 is 0 Å². The van der Waals surface area contributed by atoms with Gasteiger partial charge in [-0.2, -0.15) is 5.10 Å². The number of carbonyl (C=O) groups is 1. The molecule has 9 heteroatoms. The molecule has 1 fully saturated rings. The van der Waals surface area contributed by atoms with Crippen molar-refractivity contribution >= 4 is 46.6 Å². The average Bonchev–Trinajstić information content (AvgIpc) is 3.17. The van der Waals surface area contributed by atoms with Crippen LogP contribution in [0.2, 0.25) is 5.02 Å². The number of ether oxygens (including phenoxy) is 1. The maximum atomic E-state index is 12.8. The number of nitrogens with zero attached hydrogens (tertiary/aromatic N) is 6. The predicted molar refractivity (Wildman–Crippen MR) is 114 cm³/mol. The minimum absolute atomic E-state index is 0.0159. The Kier molecular flexibility index (Phi) is 5.35. The minimum Gasteiger partial charge on any atom is -0.495 e. The zero-order chi connectivity index (χ0) is 20.4. The molecule has 3 aromatic rings. The van der Waals surface area contributed by atoms with Crippen LogP contribution in [0.15, 0.2) is 41.7 Å². The first kappa shape index (κ1) is 19.2. The van der Waals surface area contributed by atoms with Crippen LogP contribution in [0.1, 0.15) is 0 Å². The second-order valence-electron chi connectivity index (χ2n) is 6.72. The average molecular weight is 413 g/mol. The van der Waals surface area contributed by atoms with E-state index in [1.807, 2.05) is 29.2 Å². The number of benzene rings is 1. The van der Waals surface area contributed by atoms with Gasteiger partial charge in [-0.3, -0.25) is 9.48 Å². The third-order valence-electron chi connectivity index (χ3n) is 5.10. The molecule has 1 aromatic carbocycles. The summed E-state index contributed by atoms with van der Waals surface area (Å²) in [7, 11) is 1.60. The molecule has 0 unspecified atom stereocenters. The maximum Gasteiger partial charge on any atom is 0.244 e. The lowest BCUT2D eigenvalue weighted by Gasteiger charge is -2.36. The van der Waals surface area contributed by atoms with Crippen molar-refractivity contribution in [3.63, 3.8) is 0 Å². The third kappa shape index (κ3) is 3.75. The summed E-state index contributed by atoms with van der Waals surface area (Å²) in [4.78, 5) is 25.1. The van der Waals surface area contributed by atoms with E-state index < -0.39 is 0 Å². The lowest BCUT2D eigenvalue weighted by molar-refractivity contribution is -0.132. The van der Waals surface area contributed by atoms with Gasteiger partial charge in [0.2, 0.25) is 5.91 Å². The van der Waals surface area contributed by atoms with Gasteiger partial charge in [-0.05, 0) is 24.9 Å². The van der Waals surface area contributed by atoms with E-state index in [4.69, 9.17) is 16.3 Å². The van der Waals surface area contributed by atoms with Gasteiger partial charge in [0.05, 0.1) is 18.3 Å². The molecule has 1 aliphatic rings. The maximum absolute atomic E-state index is 12.8. The van der Waals surface area contributed by atoms with Gasteiger partial charge < -0.3 is 14.5 Å². The number of hydrogen-bond donors (Lipinski definition) is 0. The Bertz CT molecular complexity index is 1060. The molecule has 0 aliphatic carbocycles. The summed E-state index contributed by atoms with van der Waals surface area (Å²) in [6.45, 7) is 6.43. The Hall–Kier alpha value is -3.13. The molecule has 8 nitrogen and oxygen atoms in total. The highest BCUT2D eigenvalue weighted by Crippen LogP contribution is 2.30. The molecule has 0 saturated carbocycles. The standard InChI is InChI=1S/C20H21ClN6O2/c1-22-20-19-14(5-6-23-20)12-24-27(19)13-18(28)26-9-7-25(8-10-26)15-3-4-16(21)17(11-15)29-2/h3-6,11-12H,1,7-10,13H2,2H3. The van der Waals surface area contributed by atoms with E-state index in [1.54, 1.807) is 24.2 Å². The number of methoxy groups -OCH3 is 1. The van der Waals surface area contributed by atoms with E-state index in [9.17, 15) is 4.79 Å². The van der Waals surface area contributed by atoms with Crippen LogP contribution in [0.3, 0.4) is 0 Å². The van der Waals surface area contributed by atoms with Crippen molar-refractivity contribution in [3.8, 4) is 5.75 Å². The number of fused-ring (bicyclic) bond motifs is 1. The Morgan fingerprint density at radius 2 is 2.07 bits per heavy atom. The highest BCUT2D eigenvalue weighted by atomic mass is 35.5. The summed E-state index contributed by atoms with van der Waals surface area (Å²) in [6, 6.07) is 7.56. The van der Waals surface area contributed by atoms with Crippen molar-refractivity contribution in [2.75, 3.05) is 38.2 Å². The van der Waals surface area contributed by atoms with Crippen molar-refractivity contribution in [2.24, 2.45) is 4.99 Å². The molecule has 0 radical (unpaired) electrons. The van der Waals surface area contributed by atoms with Gasteiger partial charge in [-0.1, -0.05) is 11.6 Å². The van der Waals surface area contributed by atoms with Gasteiger partial charge in [0, 0.05) is 49.5 Å². The number of carbonyl (C=O) groups excluding carboxylic acids is 1. The Morgan fingerprint density at radius 3 is 2.79 bits per heavy atom. The van der Waals surface area contributed by atoms with Crippen molar-refractivity contribution in [2.45, 2.75) is 6.54 Å². The molecular weight excluding hydrogens is 392 g/mol. The molecule has 0 spiro atoms. The molecule has 29 heavy (non-hydrogen) atoms. The molecule has 0 N–H and O–H groups in total. The lowest BCUT2D eigenvalue weighted by atomic mass is 10.2. The van der Waals surface area contributed by atoms with Crippen molar-refractivity contribution in [3.05, 3.63) is 41.7 Å². The summed E-state index contributed by atoms with van der Waals surface area (Å²) in [5, 5.41) is 5.80. The van der Waals surface area contributed by atoms with Gasteiger partial charge in [-0.25, -0.2) is 9.98 Å². The fraction of sp³-hybridized carbons (Fsp3) is 0.300. The molecule has 3 heterocycles. The van der Waals surface area contributed by atoms with Crippen LogP contribution in [0.25, 0.3) is 10.9 Å². The van der Waals surface area contributed by atoms with Crippen LogP contribution in [0.4, 0.5) is 11.5 Å². The fourth-order valence-electron chi connectivity index (χ4n) is 3.54. The summed E-state index contributed by atoms with van der Waals surface area (Å²) in [5.74, 6) is 1.14. The number of hydrogen-bond acceptors (Lipinski definition) is 6. The van der Waals surface area contributed by atoms with E-state index in [0.29, 0.717) is 29.7 Å². The third-order valence-corrected chi connectivity index (χ3v) is 5.41. The Morgan fingerprint density at radius 1 is 1.28 bits per heavy atom. The number of amides is 1. The molecule has 0 bridgehead atoms. The predicted octanol–water partition coefficient (Wildman–Crippen LogP) is 2.77. The highest BCUT2D eigenvalue weighted by Gasteiger charge is 2.23. The number of aliphatic imine (C=N–C) groups is 1. The van der Waals surface area contributed by atoms with Crippen LogP contribution in [0, 0.1) is 0 Å². The van der Waals surface area contributed by atoms with Crippen LogP contribution in [0.5, 0.6) is 5.75 Å². The first-order valence-corrected chi connectivity index (χ1v) is 9.62. The second kappa shape index (κ2) is 8.08. The number of pyridine rings is 1. The largest absolute Gasteiger partial charge is 0.495 e. The van der Waals surface area contributed by atoms with E-state index in [2.05, 4.69) is 26.7 Å². The second-order valence-corrected chi connectivity index (χ2v) is 7.13. The van der Waals surface area contributed by atoms with Crippen LogP contribution < -0.4 is 9.64 Å². The number of rotatable bonds is 5. The summed E-state index contributed by atoms with van der Waals surface area (Å²) < 4.78 is 6.94. The molecule has 0 atom stereocenters. The molecule has 2 aromatic heterocycles. The summed E-state index contributed by atoms with van der Waals surface area (Å²) in [6.07, 6.45) is 3.37. The normalized spacial score (nSPS) is 14.3. The van der Waals surface area contributed by atoms with Gasteiger partial charge in [0.1, 0.15) is 17.8 Å². The van der Waals surface area contributed by atoms with E-state index in [0.717, 1.165) is 29.7 Å². The zero-order valence-electron chi connectivity index (χ0n) is 16.1. The molecular formula is C20H21ClN6O2. The molecule has 150 valence electrons. The molecule has 1 saturated heterocycles. The quantitative estimate of drug-likeness (QED) is 0.602. The highest BCUT2D eigenvalue weighted by molar-refractivity contribution is 6.32. The number of halogens is 1. The fourth-order valence-corrected chi connectivity index (χ4v) is 3.73. The SMILES string of the molecule is C=Nc1nccc2cnn(CC(=O)N3CCN(c4ccc(Cl)c(OC)c4)CC3)c12. The van der Waals surface area contributed by atoms with Gasteiger partial charge >= 0.3 is 0 Å². The monoisotopic (exact) mass is 412 g/mol. The zero-order valence-corrected chi connectivity index (χ0v) is 16.8. The van der Waals surface area contributed by atoms with E-state index in [-0.39, 0.29) is 12.5 Å². The van der Waals surface area contributed by atoms with Crippen LogP contribution >= 0.6 is 11.6 Å². The number of anilines is 1. The van der Waals surface area contributed by atoms with Gasteiger partial charge in [0.25, 0.3) is 0 Å². The number of aromatic nitrogens is 3. The summed E-state index contributed by atoms with van der Waals surface area (Å²) >= 11 is 6.11. The van der Waals surface area contributed by atoms with E-state index in [1.165, 1.54) is 0 Å². The first-order chi connectivity index (χ1) is 14.1. The lowest BCUT2D eigenvalue weighted by Crippen LogP contribution is -2.49.